The van der Waals surface area contributed by atoms with Gasteiger partial charge in [0.25, 0.3) is 5.56 Å². The van der Waals surface area contributed by atoms with Crippen LogP contribution in [0.3, 0.4) is 0 Å². The van der Waals surface area contributed by atoms with Crippen LogP contribution in [0.15, 0.2) is 40.2 Å². The lowest BCUT2D eigenvalue weighted by Gasteiger charge is -2.01. The second-order valence-corrected chi connectivity index (χ2v) is 5.52. The number of rotatable bonds is 5. The molecule has 0 aliphatic rings. The molecule has 116 valence electrons. The average molecular weight is 300 g/mol. The van der Waals surface area contributed by atoms with Crippen LogP contribution in [0.25, 0.3) is 5.69 Å². The molecule has 0 aliphatic heterocycles. The Kier molecular flexibility index (Phi) is 4.93. The van der Waals surface area contributed by atoms with Crippen molar-refractivity contribution in [3.8, 4) is 5.69 Å². The predicted molar refractivity (Wildman–Crippen MR) is 86.3 cm³/mol. The van der Waals surface area contributed by atoms with E-state index in [9.17, 15) is 9.59 Å². The summed E-state index contributed by atoms with van der Waals surface area (Å²) in [6, 6.07) is 9.28. The number of aryl methyl sites for hydroxylation is 1. The van der Waals surface area contributed by atoms with E-state index in [0.717, 1.165) is 5.69 Å². The van der Waals surface area contributed by atoms with Gasteiger partial charge in [0.15, 0.2) is 0 Å². The Labute approximate surface area is 128 Å². The van der Waals surface area contributed by atoms with E-state index >= 15 is 0 Å². The molecule has 0 unspecified atom stereocenters. The van der Waals surface area contributed by atoms with Crippen LogP contribution in [-0.2, 0) is 4.79 Å². The summed E-state index contributed by atoms with van der Waals surface area (Å²) in [5, 5.41) is 6.87. The first kappa shape index (κ1) is 15.8. The van der Waals surface area contributed by atoms with Gasteiger partial charge in [-0.05, 0) is 25.0 Å². The minimum atomic E-state index is -0.203. The highest BCUT2D eigenvalue weighted by Gasteiger charge is 2.10. The van der Waals surface area contributed by atoms with E-state index in [2.05, 4.69) is 15.6 Å². The molecule has 0 bridgehead atoms. The third kappa shape index (κ3) is 3.72. The topological polar surface area (TPSA) is 79.2 Å². The van der Waals surface area contributed by atoms with E-state index in [1.54, 1.807) is 6.92 Å². The number of amides is 1. The molecule has 0 saturated heterocycles. The number of hydrazone groups is 1. The van der Waals surface area contributed by atoms with Crippen molar-refractivity contribution >= 4 is 12.1 Å². The van der Waals surface area contributed by atoms with Gasteiger partial charge >= 0.3 is 0 Å². The van der Waals surface area contributed by atoms with E-state index in [4.69, 9.17) is 0 Å². The molecule has 0 fully saturated rings. The fraction of sp³-hybridized carbons (Fsp3) is 0.312. The Balaban J connectivity index is 2.18. The zero-order chi connectivity index (χ0) is 16.1. The van der Waals surface area contributed by atoms with Gasteiger partial charge < -0.3 is 0 Å². The molecule has 6 nitrogen and oxygen atoms in total. The number of H-pyrrole nitrogens is 1. The number of aromatic amines is 1. The molecule has 1 heterocycles. The Bertz CT molecular complexity index is 726. The molecule has 0 atom stereocenters. The SMILES string of the molecule is Cc1[nH]n(-c2ccccc2)c(=O)c1C=NNC(=O)CC(C)C. The lowest BCUT2D eigenvalue weighted by atomic mass is 10.1. The largest absolute Gasteiger partial charge is 0.295 e. The minimum absolute atomic E-state index is 0.164. The Hall–Kier alpha value is -2.63. The number of benzene rings is 1. The van der Waals surface area contributed by atoms with Crippen LogP contribution in [0.5, 0.6) is 0 Å². The maximum Gasteiger partial charge on any atom is 0.280 e. The van der Waals surface area contributed by atoms with Crippen molar-refractivity contribution in [3.63, 3.8) is 0 Å². The quantitative estimate of drug-likeness (QED) is 0.654. The fourth-order valence-electron chi connectivity index (χ4n) is 2.06. The number of para-hydroxylation sites is 1. The number of carbonyl (C=O) groups excluding carboxylic acids is 1. The normalized spacial score (nSPS) is 11.3. The third-order valence-electron chi connectivity index (χ3n) is 3.11. The molecule has 6 heteroatoms. The molecule has 0 radical (unpaired) electrons. The van der Waals surface area contributed by atoms with E-state index in [1.165, 1.54) is 10.9 Å². The lowest BCUT2D eigenvalue weighted by Crippen LogP contribution is -2.21. The standard InChI is InChI=1S/C16H20N4O2/c1-11(2)9-15(21)18-17-10-14-12(3)19-20(16(14)22)13-7-5-4-6-8-13/h4-8,10-11,19H,9H2,1-3H3,(H,18,21). The highest BCUT2D eigenvalue weighted by atomic mass is 16.2. The smallest absolute Gasteiger partial charge is 0.280 e. The van der Waals surface area contributed by atoms with Crippen LogP contribution >= 0.6 is 0 Å². The maximum atomic E-state index is 12.4. The van der Waals surface area contributed by atoms with Crippen molar-refractivity contribution in [3.05, 3.63) is 51.9 Å². The average Bonchev–Trinajstić information content (AvgIpc) is 2.75. The first-order valence-electron chi connectivity index (χ1n) is 7.18. The Morgan fingerprint density at radius 1 is 1.36 bits per heavy atom. The monoisotopic (exact) mass is 300 g/mol. The number of nitrogens with zero attached hydrogens (tertiary/aromatic N) is 2. The van der Waals surface area contributed by atoms with E-state index in [1.807, 2.05) is 44.2 Å². The minimum Gasteiger partial charge on any atom is -0.295 e. The molecule has 2 rings (SSSR count). The third-order valence-corrected chi connectivity index (χ3v) is 3.11. The molecule has 0 saturated carbocycles. The van der Waals surface area contributed by atoms with Crippen LogP contribution in [-0.4, -0.2) is 21.9 Å². The van der Waals surface area contributed by atoms with Crippen LogP contribution in [0, 0.1) is 12.8 Å². The number of carbonyl (C=O) groups is 1. The van der Waals surface area contributed by atoms with Gasteiger partial charge in [0.05, 0.1) is 17.5 Å². The van der Waals surface area contributed by atoms with Crippen molar-refractivity contribution in [1.82, 2.24) is 15.2 Å². The molecular formula is C16H20N4O2. The van der Waals surface area contributed by atoms with E-state index in [-0.39, 0.29) is 17.4 Å². The summed E-state index contributed by atoms with van der Waals surface area (Å²) < 4.78 is 1.45. The van der Waals surface area contributed by atoms with Gasteiger partial charge in [-0.1, -0.05) is 32.0 Å². The maximum absolute atomic E-state index is 12.4. The summed E-state index contributed by atoms with van der Waals surface area (Å²) in [6.45, 7) is 5.70. The highest BCUT2D eigenvalue weighted by molar-refractivity contribution is 5.83. The van der Waals surface area contributed by atoms with Gasteiger partial charge in [-0.3, -0.25) is 14.7 Å². The summed E-state index contributed by atoms with van der Waals surface area (Å²) >= 11 is 0. The van der Waals surface area contributed by atoms with Crippen molar-refractivity contribution in [2.24, 2.45) is 11.0 Å². The van der Waals surface area contributed by atoms with Gasteiger partial charge in [-0.15, -0.1) is 0 Å². The molecule has 2 N–H and O–H groups in total. The van der Waals surface area contributed by atoms with Crippen molar-refractivity contribution < 1.29 is 4.79 Å². The van der Waals surface area contributed by atoms with Crippen LogP contribution in [0.2, 0.25) is 0 Å². The number of aromatic nitrogens is 2. The summed E-state index contributed by atoms with van der Waals surface area (Å²) in [5.41, 5.74) is 4.10. The van der Waals surface area contributed by atoms with Gasteiger partial charge in [0, 0.05) is 12.1 Å². The highest BCUT2D eigenvalue weighted by Crippen LogP contribution is 2.05. The summed E-state index contributed by atoms with van der Waals surface area (Å²) in [6.07, 6.45) is 1.78. The summed E-state index contributed by atoms with van der Waals surface area (Å²) in [5.74, 6) is 0.0994. The van der Waals surface area contributed by atoms with Gasteiger partial charge in [-0.2, -0.15) is 5.10 Å². The van der Waals surface area contributed by atoms with Crippen molar-refractivity contribution in [2.75, 3.05) is 0 Å². The van der Waals surface area contributed by atoms with Gasteiger partial charge in [-0.25, -0.2) is 10.1 Å². The van der Waals surface area contributed by atoms with E-state index in [0.29, 0.717) is 17.7 Å². The first-order chi connectivity index (χ1) is 10.5. The molecule has 2 aromatic rings. The zero-order valence-electron chi connectivity index (χ0n) is 13.0. The van der Waals surface area contributed by atoms with Crippen molar-refractivity contribution in [1.29, 1.82) is 0 Å². The summed E-state index contributed by atoms with van der Waals surface area (Å²) in [7, 11) is 0. The van der Waals surface area contributed by atoms with E-state index < -0.39 is 0 Å². The molecule has 22 heavy (non-hydrogen) atoms. The second-order valence-electron chi connectivity index (χ2n) is 5.52. The van der Waals surface area contributed by atoms with Crippen molar-refractivity contribution in [2.45, 2.75) is 27.2 Å². The summed E-state index contributed by atoms with van der Waals surface area (Å²) in [4.78, 5) is 23.9. The number of hydrogen-bond acceptors (Lipinski definition) is 3. The van der Waals surface area contributed by atoms with Gasteiger partial charge in [0.1, 0.15) is 0 Å². The lowest BCUT2D eigenvalue weighted by molar-refractivity contribution is -0.121. The van der Waals surface area contributed by atoms with Crippen LogP contribution in [0.4, 0.5) is 0 Å². The fourth-order valence-corrected chi connectivity index (χ4v) is 2.06. The molecule has 1 amide bonds. The number of nitrogens with one attached hydrogen (secondary N) is 2. The Morgan fingerprint density at radius 3 is 2.68 bits per heavy atom. The predicted octanol–water partition coefficient (Wildman–Crippen LogP) is 1.97. The molecule has 1 aromatic heterocycles. The second kappa shape index (κ2) is 6.89. The molecule has 0 aliphatic carbocycles. The van der Waals surface area contributed by atoms with Crippen LogP contribution in [0.1, 0.15) is 31.5 Å². The van der Waals surface area contributed by atoms with Crippen LogP contribution < -0.4 is 11.0 Å². The van der Waals surface area contributed by atoms with Gasteiger partial charge in [0.2, 0.25) is 5.91 Å². The first-order valence-corrected chi connectivity index (χ1v) is 7.18. The zero-order valence-corrected chi connectivity index (χ0v) is 13.0. The molecule has 1 aromatic carbocycles. The number of hydrogen-bond donors (Lipinski definition) is 2. The molecular weight excluding hydrogens is 280 g/mol. The molecule has 0 spiro atoms. The Morgan fingerprint density at radius 2 is 2.05 bits per heavy atom.